The van der Waals surface area contributed by atoms with Crippen LogP contribution < -0.4 is 10.6 Å². The molecule has 1 aromatic rings. The maximum absolute atomic E-state index is 11.9. The number of rotatable bonds is 8. The number of esters is 1. The van der Waals surface area contributed by atoms with Crippen molar-refractivity contribution in [2.45, 2.75) is 31.7 Å². The van der Waals surface area contributed by atoms with E-state index in [4.69, 9.17) is 16.3 Å². The highest BCUT2D eigenvalue weighted by Gasteiger charge is 2.43. The van der Waals surface area contributed by atoms with E-state index in [0.717, 1.165) is 12.8 Å². The zero-order chi connectivity index (χ0) is 19.2. The van der Waals surface area contributed by atoms with E-state index in [9.17, 15) is 19.6 Å². The zero-order valence-corrected chi connectivity index (χ0v) is 15.1. The molecule has 2 rings (SSSR count). The molecule has 1 atom stereocenters. The molecule has 2 N–H and O–H groups in total. The Hall–Kier alpha value is -2.59. The van der Waals surface area contributed by atoms with Gasteiger partial charge in [-0.25, -0.2) is 0 Å². The van der Waals surface area contributed by atoms with Gasteiger partial charge in [0.2, 0.25) is 0 Å². The minimum atomic E-state index is -0.921. The summed E-state index contributed by atoms with van der Waals surface area (Å²) in [6.07, 6.45) is 1.74. The number of carbonyl (C=O) groups excluding carboxylic acids is 3. The number of benzene rings is 1. The van der Waals surface area contributed by atoms with Crippen molar-refractivity contribution in [3.05, 3.63) is 34.9 Å². The molecule has 1 aliphatic carbocycles. The Kier molecular flexibility index (Phi) is 6.58. The monoisotopic (exact) mass is 377 g/mol. The Morgan fingerprint density at radius 3 is 2.54 bits per heavy atom. The maximum Gasteiger partial charge on any atom is 0.308 e. The van der Waals surface area contributed by atoms with Crippen LogP contribution in [0.3, 0.4) is 0 Å². The molecule has 0 heterocycles. The van der Waals surface area contributed by atoms with Gasteiger partial charge in [0.15, 0.2) is 6.61 Å². The summed E-state index contributed by atoms with van der Waals surface area (Å²) in [6, 6.07) is 8.44. The van der Waals surface area contributed by atoms with Crippen molar-refractivity contribution in [1.82, 2.24) is 10.6 Å². The van der Waals surface area contributed by atoms with E-state index < -0.39 is 24.0 Å². The first kappa shape index (κ1) is 19.7. The first-order valence-electron chi connectivity index (χ1n) is 8.25. The minimum absolute atomic E-state index is 0.0647. The summed E-state index contributed by atoms with van der Waals surface area (Å²) in [7, 11) is 0. The number of halogens is 1. The van der Waals surface area contributed by atoms with E-state index in [1.165, 1.54) is 0 Å². The molecule has 7 nitrogen and oxygen atoms in total. The van der Waals surface area contributed by atoms with Crippen LogP contribution in [0.4, 0.5) is 0 Å². The van der Waals surface area contributed by atoms with Gasteiger partial charge in [-0.15, -0.1) is 0 Å². The van der Waals surface area contributed by atoms with Crippen molar-refractivity contribution in [1.29, 1.82) is 5.26 Å². The minimum Gasteiger partial charge on any atom is -0.456 e. The summed E-state index contributed by atoms with van der Waals surface area (Å²) in [6.45, 7) is 1.30. The fraction of sp³-hybridized carbons (Fsp3) is 0.444. The molecular weight excluding hydrogens is 358 g/mol. The summed E-state index contributed by atoms with van der Waals surface area (Å²) in [4.78, 5) is 35.3. The third kappa shape index (κ3) is 5.74. The first-order valence-corrected chi connectivity index (χ1v) is 8.63. The standard InChI is InChI=1S/C18H20ClN3O4/c1-18(11-20,13-4-5-13)22-15(23)10-26-16(24)8-9-21-17(25)12-2-6-14(19)7-3-12/h2-3,6-7,13H,4-5,8-10H2,1H3,(H,21,25)(H,22,23)/t18-/m0/s1. The van der Waals surface area contributed by atoms with Crippen LogP contribution in [0.2, 0.25) is 5.02 Å². The van der Waals surface area contributed by atoms with Crippen LogP contribution >= 0.6 is 11.6 Å². The van der Waals surface area contributed by atoms with E-state index >= 15 is 0 Å². The number of nitriles is 1. The molecule has 1 fully saturated rings. The van der Waals surface area contributed by atoms with Crippen molar-refractivity contribution in [2.75, 3.05) is 13.2 Å². The lowest BCUT2D eigenvalue weighted by Gasteiger charge is -2.22. The molecule has 0 unspecified atom stereocenters. The highest BCUT2D eigenvalue weighted by molar-refractivity contribution is 6.30. The molecule has 0 radical (unpaired) electrons. The van der Waals surface area contributed by atoms with E-state index in [0.29, 0.717) is 10.6 Å². The van der Waals surface area contributed by atoms with Crippen LogP contribution in [0.5, 0.6) is 0 Å². The molecule has 0 bridgehead atoms. The van der Waals surface area contributed by atoms with E-state index in [1.807, 2.05) is 0 Å². The first-order chi connectivity index (χ1) is 12.3. The van der Waals surface area contributed by atoms with Gasteiger partial charge in [-0.1, -0.05) is 11.6 Å². The SMILES string of the molecule is C[C@@](C#N)(NC(=O)COC(=O)CCNC(=O)c1ccc(Cl)cc1)C1CC1. The van der Waals surface area contributed by atoms with Crippen LogP contribution in [-0.4, -0.2) is 36.5 Å². The van der Waals surface area contributed by atoms with Crippen molar-refractivity contribution in [3.8, 4) is 6.07 Å². The van der Waals surface area contributed by atoms with E-state index in [-0.39, 0.29) is 24.8 Å². The number of nitrogens with zero attached hydrogens (tertiary/aromatic N) is 1. The van der Waals surface area contributed by atoms with Gasteiger partial charge in [-0.05, 0) is 49.9 Å². The van der Waals surface area contributed by atoms with Crippen molar-refractivity contribution in [3.63, 3.8) is 0 Å². The van der Waals surface area contributed by atoms with Crippen LogP contribution in [-0.2, 0) is 14.3 Å². The Bertz CT molecular complexity index is 725. The lowest BCUT2D eigenvalue weighted by molar-refractivity contribution is -0.148. The number of ether oxygens (including phenoxy) is 1. The molecule has 0 spiro atoms. The topological polar surface area (TPSA) is 108 Å². The van der Waals surface area contributed by atoms with Gasteiger partial charge < -0.3 is 15.4 Å². The third-order valence-electron chi connectivity index (χ3n) is 4.11. The van der Waals surface area contributed by atoms with Gasteiger partial charge >= 0.3 is 5.97 Å². The summed E-state index contributed by atoms with van der Waals surface area (Å²) in [5.41, 5.74) is -0.492. The van der Waals surface area contributed by atoms with Gasteiger partial charge in [-0.2, -0.15) is 5.26 Å². The van der Waals surface area contributed by atoms with Crippen molar-refractivity contribution >= 4 is 29.4 Å². The molecule has 2 amide bonds. The molecule has 0 saturated heterocycles. The zero-order valence-electron chi connectivity index (χ0n) is 14.4. The molecule has 138 valence electrons. The maximum atomic E-state index is 11.9. The summed E-state index contributed by atoms with van der Waals surface area (Å²) < 4.78 is 4.87. The second-order valence-corrected chi connectivity index (χ2v) is 6.75. The number of nitrogens with one attached hydrogen (secondary N) is 2. The highest BCUT2D eigenvalue weighted by Crippen LogP contribution is 2.39. The number of hydrogen-bond donors (Lipinski definition) is 2. The number of amides is 2. The highest BCUT2D eigenvalue weighted by atomic mass is 35.5. The average Bonchev–Trinajstić information content (AvgIpc) is 3.46. The number of hydrogen-bond acceptors (Lipinski definition) is 5. The average molecular weight is 378 g/mol. The van der Waals surface area contributed by atoms with E-state index in [2.05, 4.69) is 16.7 Å². The van der Waals surface area contributed by atoms with Gasteiger partial charge in [0.05, 0.1) is 12.5 Å². The largest absolute Gasteiger partial charge is 0.456 e. The summed E-state index contributed by atoms with van der Waals surface area (Å²) in [5, 5.41) is 14.9. The molecule has 8 heteroatoms. The van der Waals surface area contributed by atoms with Crippen LogP contribution in [0.25, 0.3) is 0 Å². The molecule has 0 aliphatic heterocycles. The molecular formula is C18H20ClN3O4. The third-order valence-corrected chi connectivity index (χ3v) is 4.36. The molecule has 1 aliphatic rings. The Morgan fingerprint density at radius 1 is 1.31 bits per heavy atom. The van der Waals surface area contributed by atoms with Crippen LogP contribution in [0.15, 0.2) is 24.3 Å². The van der Waals surface area contributed by atoms with Crippen LogP contribution in [0.1, 0.15) is 36.5 Å². The quantitative estimate of drug-likeness (QED) is 0.671. The fourth-order valence-electron chi connectivity index (χ4n) is 2.41. The van der Waals surface area contributed by atoms with Gasteiger partial charge in [0, 0.05) is 17.1 Å². The second-order valence-electron chi connectivity index (χ2n) is 6.31. The predicted molar refractivity (Wildman–Crippen MR) is 94.2 cm³/mol. The molecule has 0 aromatic heterocycles. The second kappa shape index (κ2) is 8.68. The molecule has 1 saturated carbocycles. The van der Waals surface area contributed by atoms with Crippen molar-refractivity contribution < 1.29 is 19.1 Å². The van der Waals surface area contributed by atoms with Crippen molar-refractivity contribution in [2.24, 2.45) is 5.92 Å². The lowest BCUT2D eigenvalue weighted by atomic mass is 9.98. The normalized spacial score (nSPS) is 15.3. The fourth-order valence-corrected chi connectivity index (χ4v) is 2.53. The summed E-state index contributed by atoms with van der Waals surface area (Å²) in [5.74, 6) is -1.31. The number of carbonyl (C=O) groups is 3. The molecule has 26 heavy (non-hydrogen) atoms. The summed E-state index contributed by atoms with van der Waals surface area (Å²) >= 11 is 5.75. The van der Waals surface area contributed by atoms with Crippen LogP contribution in [0, 0.1) is 17.2 Å². The lowest BCUT2D eigenvalue weighted by Crippen LogP contribution is -2.48. The van der Waals surface area contributed by atoms with Gasteiger partial charge in [0.25, 0.3) is 11.8 Å². The Labute approximate surface area is 156 Å². The van der Waals surface area contributed by atoms with Gasteiger partial charge in [0.1, 0.15) is 5.54 Å². The smallest absolute Gasteiger partial charge is 0.308 e. The van der Waals surface area contributed by atoms with Gasteiger partial charge in [-0.3, -0.25) is 14.4 Å². The predicted octanol–water partition coefficient (Wildman–Crippen LogP) is 1.81. The van der Waals surface area contributed by atoms with E-state index in [1.54, 1.807) is 31.2 Å². The Balaban J connectivity index is 1.65. The Morgan fingerprint density at radius 2 is 1.96 bits per heavy atom. The molecule has 1 aromatic carbocycles.